The summed E-state index contributed by atoms with van der Waals surface area (Å²) in [4.78, 5) is 0. The molecule has 20 heavy (non-hydrogen) atoms. The van der Waals surface area contributed by atoms with Crippen LogP contribution in [0, 0.1) is 11.6 Å². The van der Waals surface area contributed by atoms with Crippen LogP contribution in [0.1, 0.15) is 5.56 Å². The molecule has 0 aliphatic carbocycles. The third kappa shape index (κ3) is 2.25. The van der Waals surface area contributed by atoms with Crippen molar-refractivity contribution < 1.29 is 13.5 Å². The highest BCUT2D eigenvalue weighted by Crippen LogP contribution is 2.23. The summed E-state index contributed by atoms with van der Waals surface area (Å²) in [5, 5.41) is 1.08. The van der Waals surface area contributed by atoms with E-state index in [1.807, 2.05) is 35.0 Å². The Morgan fingerprint density at radius 3 is 2.60 bits per heavy atom. The van der Waals surface area contributed by atoms with Crippen LogP contribution in [0.3, 0.4) is 0 Å². The van der Waals surface area contributed by atoms with Gasteiger partial charge >= 0.3 is 0 Å². The fraction of sp³-hybridized carbons (Fsp3) is 0.125. The Kier molecular flexibility index (Phi) is 3.14. The quantitative estimate of drug-likeness (QED) is 0.704. The Labute approximate surface area is 115 Å². The molecule has 0 saturated carbocycles. The molecule has 1 heterocycles. The van der Waals surface area contributed by atoms with E-state index < -0.39 is 11.6 Å². The van der Waals surface area contributed by atoms with Gasteiger partial charge in [0.25, 0.3) is 0 Å². The van der Waals surface area contributed by atoms with E-state index in [1.165, 1.54) is 6.07 Å². The minimum atomic E-state index is -0.826. The molecule has 0 spiro atoms. The predicted octanol–water partition coefficient (Wildman–Crippen LogP) is 3.98. The summed E-state index contributed by atoms with van der Waals surface area (Å²) in [5.41, 5.74) is 1.71. The predicted molar refractivity (Wildman–Crippen MR) is 74.0 cm³/mol. The van der Waals surface area contributed by atoms with Crippen molar-refractivity contribution in [2.45, 2.75) is 6.54 Å². The zero-order valence-corrected chi connectivity index (χ0v) is 10.9. The monoisotopic (exact) mass is 273 g/mol. The number of methoxy groups -OCH3 is 1. The standard InChI is InChI=1S/C16H13F2NO/c1-20-13-4-3-12-6-7-19(16(12)9-13)10-11-2-5-14(17)15(18)8-11/h2-9H,10H2,1H3. The summed E-state index contributed by atoms with van der Waals surface area (Å²) in [7, 11) is 1.61. The van der Waals surface area contributed by atoms with Gasteiger partial charge in [0.05, 0.1) is 12.6 Å². The number of halogens is 2. The summed E-state index contributed by atoms with van der Waals surface area (Å²) >= 11 is 0. The molecule has 0 fully saturated rings. The molecule has 4 heteroatoms. The van der Waals surface area contributed by atoms with E-state index in [-0.39, 0.29) is 0 Å². The Bertz CT molecular complexity index is 764. The molecule has 0 aliphatic rings. The Hall–Kier alpha value is -2.36. The minimum absolute atomic E-state index is 0.480. The highest BCUT2D eigenvalue weighted by molar-refractivity contribution is 5.81. The van der Waals surface area contributed by atoms with Gasteiger partial charge in [-0.15, -0.1) is 0 Å². The molecule has 0 saturated heterocycles. The van der Waals surface area contributed by atoms with Crippen LogP contribution >= 0.6 is 0 Å². The maximum absolute atomic E-state index is 13.2. The van der Waals surface area contributed by atoms with Crippen molar-refractivity contribution in [3.63, 3.8) is 0 Å². The molecule has 2 nitrogen and oxygen atoms in total. The SMILES string of the molecule is COc1ccc2ccn(Cc3ccc(F)c(F)c3)c2c1. The van der Waals surface area contributed by atoms with Crippen molar-refractivity contribution in [1.29, 1.82) is 0 Å². The summed E-state index contributed by atoms with van der Waals surface area (Å²) in [6.45, 7) is 0.480. The van der Waals surface area contributed by atoms with Gasteiger partial charge in [-0.2, -0.15) is 0 Å². The van der Waals surface area contributed by atoms with Gasteiger partial charge in [-0.1, -0.05) is 6.07 Å². The van der Waals surface area contributed by atoms with Crippen LogP contribution in [0.15, 0.2) is 48.7 Å². The molecular weight excluding hydrogens is 260 g/mol. The zero-order chi connectivity index (χ0) is 14.1. The molecule has 0 bridgehead atoms. The van der Waals surface area contributed by atoms with E-state index in [9.17, 15) is 8.78 Å². The molecule has 3 rings (SSSR count). The van der Waals surface area contributed by atoms with E-state index in [4.69, 9.17) is 4.74 Å². The van der Waals surface area contributed by atoms with Crippen LogP contribution in [0.2, 0.25) is 0 Å². The van der Waals surface area contributed by atoms with Crippen LogP contribution in [0.25, 0.3) is 10.9 Å². The van der Waals surface area contributed by atoms with Gasteiger partial charge in [-0.25, -0.2) is 8.78 Å². The lowest BCUT2D eigenvalue weighted by atomic mass is 10.2. The Morgan fingerprint density at radius 2 is 1.85 bits per heavy atom. The van der Waals surface area contributed by atoms with Crippen LogP contribution in [0.5, 0.6) is 5.75 Å². The summed E-state index contributed by atoms with van der Waals surface area (Å²) < 4.78 is 33.4. The summed E-state index contributed by atoms with van der Waals surface area (Å²) in [6, 6.07) is 11.7. The average Bonchev–Trinajstić information content (AvgIpc) is 2.85. The molecule has 3 aromatic rings. The van der Waals surface area contributed by atoms with Gasteiger partial charge in [0, 0.05) is 18.8 Å². The summed E-state index contributed by atoms with van der Waals surface area (Å²) in [6.07, 6.45) is 1.92. The number of hydrogen-bond donors (Lipinski definition) is 0. The van der Waals surface area contributed by atoms with E-state index in [1.54, 1.807) is 13.2 Å². The normalized spacial score (nSPS) is 10.9. The molecule has 2 aromatic carbocycles. The number of ether oxygens (including phenoxy) is 1. The second-order valence-electron chi connectivity index (χ2n) is 4.62. The number of benzene rings is 2. The van der Waals surface area contributed by atoms with E-state index in [0.717, 1.165) is 22.7 Å². The molecule has 0 N–H and O–H groups in total. The topological polar surface area (TPSA) is 14.2 Å². The maximum Gasteiger partial charge on any atom is 0.159 e. The lowest BCUT2D eigenvalue weighted by Crippen LogP contribution is -1.99. The van der Waals surface area contributed by atoms with Crippen LogP contribution in [-0.2, 0) is 6.54 Å². The molecule has 0 aliphatic heterocycles. The van der Waals surface area contributed by atoms with Gasteiger partial charge in [0.1, 0.15) is 5.75 Å². The van der Waals surface area contributed by atoms with Crippen molar-refractivity contribution >= 4 is 10.9 Å². The van der Waals surface area contributed by atoms with Crippen molar-refractivity contribution in [3.8, 4) is 5.75 Å². The van der Waals surface area contributed by atoms with Gasteiger partial charge in [0.15, 0.2) is 11.6 Å². The van der Waals surface area contributed by atoms with Gasteiger partial charge < -0.3 is 9.30 Å². The van der Waals surface area contributed by atoms with E-state index in [0.29, 0.717) is 12.1 Å². The Morgan fingerprint density at radius 1 is 1.00 bits per heavy atom. The van der Waals surface area contributed by atoms with Gasteiger partial charge in [-0.05, 0) is 41.3 Å². The molecule has 0 amide bonds. The maximum atomic E-state index is 13.2. The number of fused-ring (bicyclic) bond motifs is 1. The minimum Gasteiger partial charge on any atom is -0.497 e. The third-order valence-electron chi connectivity index (χ3n) is 3.32. The van der Waals surface area contributed by atoms with Crippen LogP contribution < -0.4 is 4.74 Å². The van der Waals surface area contributed by atoms with Crippen LogP contribution in [0.4, 0.5) is 8.78 Å². The lowest BCUT2D eigenvalue weighted by Gasteiger charge is -2.07. The first-order chi connectivity index (χ1) is 9.67. The number of hydrogen-bond acceptors (Lipinski definition) is 1. The van der Waals surface area contributed by atoms with Crippen molar-refractivity contribution in [3.05, 3.63) is 65.9 Å². The first kappa shape index (κ1) is 12.7. The highest BCUT2D eigenvalue weighted by Gasteiger charge is 2.06. The van der Waals surface area contributed by atoms with Crippen molar-refractivity contribution in [2.75, 3.05) is 7.11 Å². The molecule has 1 aromatic heterocycles. The second-order valence-corrected chi connectivity index (χ2v) is 4.62. The first-order valence-corrected chi connectivity index (χ1v) is 6.24. The van der Waals surface area contributed by atoms with E-state index in [2.05, 4.69) is 0 Å². The second kappa shape index (κ2) is 4.96. The first-order valence-electron chi connectivity index (χ1n) is 6.24. The lowest BCUT2D eigenvalue weighted by molar-refractivity contribution is 0.415. The molecule has 0 atom stereocenters. The van der Waals surface area contributed by atoms with Gasteiger partial charge in [-0.3, -0.25) is 0 Å². The molecule has 102 valence electrons. The third-order valence-corrected chi connectivity index (χ3v) is 3.32. The van der Waals surface area contributed by atoms with Crippen molar-refractivity contribution in [1.82, 2.24) is 4.57 Å². The average molecular weight is 273 g/mol. The highest BCUT2D eigenvalue weighted by atomic mass is 19.2. The summed E-state index contributed by atoms with van der Waals surface area (Å²) in [5.74, 6) is -0.882. The number of rotatable bonds is 3. The zero-order valence-electron chi connectivity index (χ0n) is 10.9. The molecule has 0 unspecified atom stereocenters. The number of nitrogens with zero attached hydrogens (tertiary/aromatic N) is 1. The van der Waals surface area contributed by atoms with E-state index >= 15 is 0 Å². The van der Waals surface area contributed by atoms with Crippen molar-refractivity contribution in [2.24, 2.45) is 0 Å². The fourth-order valence-corrected chi connectivity index (χ4v) is 2.26. The smallest absolute Gasteiger partial charge is 0.159 e. The van der Waals surface area contributed by atoms with Gasteiger partial charge in [0.2, 0.25) is 0 Å². The Balaban J connectivity index is 1.99. The molecule has 0 radical (unpaired) electrons. The number of aromatic nitrogens is 1. The van der Waals surface area contributed by atoms with Crippen LogP contribution in [-0.4, -0.2) is 11.7 Å². The fourth-order valence-electron chi connectivity index (χ4n) is 2.26. The molecular formula is C16H13F2NO. The largest absolute Gasteiger partial charge is 0.497 e.